The van der Waals surface area contributed by atoms with Gasteiger partial charge in [0, 0.05) is 12.1 Å². The molecule has 0 aromatic carbocycles. The van der Waals surface area contributed by atoms with E-state index in [4.69, 9.17) is 0 Å². The normalized spacial score (nSPS) is 9.92. The van der Waals surface area contributed by atoms with Gasteiger partial charge in [0.1, 0.15) is 5.78 Å². The molecule has 0 radical (unpaired) electrons. The zero-order valence-corrected chi connectivity index (χ0v) is 7.72. The molecule has 0 amide bonds. The van der Waals surface area contributed by atoms with Gasteiger partial charge in [-0.25, -0.2) is 0 Å². The van der Waals surface area contributed by atoms with Crippen LogP contribution < -0.4 is 0 Å². The second-order valence-corrected chi connectivity index (χ2v) is 3.10. The molecule has 0 saturated carbocycles. The summed E-state index contributed by atoms with van der Waals surface area (Å²) >= 11 is 0. The van der Waals surface area contributed by atoms with E-state index in [0.29, 0.717) is 6.42 Å². The van der Waals surface area contributed by atoms with Crippen molar-refractivity contribution < 1.29 is 4.79 Å². The van der Waals surface area contributed by atoms with Crippen molar-refractivity contribution in [3.8, 4) is 0 Å². The van der Waals surface area contributed by atoms with Crippen molar-refractivity contribution in [2.45, 2.75) is 27.2 Å². The van der Waals surface area contributed by atoms with E-state index in [2.05, 4.69) is 4.98 Å². The Kier molecular flexibility index (Phi) is 2.58. The highest BCUT2D eigenvalue weighted by atomic mass is 16.1. The molecule has 0 unspecified atom stereocenters. The Balaban J connectivity index is 2.97. The first-order valence-electron chi connectivity index (χ1n) is 4.02. The number of aromatic nitrogens is 1. The van der Waals surface area contributed by atoms with Crippen molar-refractivity contribution in [3.05, 3.63) is 29.1 Å². The predicted octanol–water partition coefficient (Wildman–Crippen LogP) is 1.83. The molecule has 1 aromatic rings. The van der Waals surface area contributed by atoms with Gasteiger partial charge in [0.15, 0.2) is 0 Å². The minimum absolute atomic E-state index is 0.163. The van der Waals surface area contributed by atoms with Crippen LogP contribution in [0.25, 0.3) is 0 Å². The van der Waals surface area contributed by atoms with Crippen molar-refractivity contribution in [1.82, 2.24) is 4.98 Å². The summed E-state index contributed by atoms with van der Waals surface area (Å²) in [5.74, 6) is 0.163. The molecule has 0 atom stereocenters. The standard InChI is InChI=1S/C10H13NO/c1-7-4-5-8(2)11-10(7)6-9(3)12/h4-5H,6H2,1-3H3. The first-order chi connectivity index (χ1) is 5.59. The van der Waals surface area contributed by atoms with Crippen molar-refractivity contribution >= 4 is 5.78 Å². The monoisotopic (exact) mass is 163 g/mol. The molecule has 0 fully saturated rings. The summed E-state index contributed by atoms with van der Waals surface area (Å²) in [4.78, 5) is 15.1. The number of hydrogen-bond acceptors (Lipinski definition) is 2. The number of hydrogen-bond donors (Lipinski definition) is 0. The molecule has 0 N–H and O–H groups in total. The number of ketones is 1. The number of carbonyl (C=O) groups excluding carboxylic acids is 1. The van der Waals surface area contributed by atoms with E-state index in [1.54, 1.807) is 6.92 Å². The van der Waals surface area contributed by atoms with Gasteiger partial charge in [-0.1, -0.05) is 6.07 Å². The second kappa shape index (κ2) is 3.48. The Labute approximate surface area is 72.6 Å². The van der Waals surface area contributed by atoms with E-state index in [1.807, 2.05) is 26.0 Å². The van der Waals surface area contributed by atoms with E-state index >= 15 is 0 Å². The number of aryl methyl sites for hydroxylation is 2. The summed E-state index contributed by atoms with van der Waals surface area (Å²) in [5.41, 5.74) is 2.97. The van der Waals surface area contributed by atoms with Crippen LogP contribution in [0.3, 0.4) is 0 Å². The summed E-state index contributed by atoms with van der Waals surface area (Å²) in [6, 6.07) is 3.96. The van der Waals surface area contributed by atoms with E-state index in [0.717, 1.165) is 17.0 Å². The van der Waals surface area contributed by atoms with Crippen LogP contribution in [0.5, 0.6) is 0 Å². The molecule has 2 heteroatoms. The highest BCUT2D eigenvalue weighted by Gasteiger charge is 2.02. The lowest BCUT2D eigenvalue weighted by molar-refractivity contribution is -0.116. The third-order valence-electron chi connectivity index (χ3n) is 1.76. The van der Waals surface area contributed by atoms with Crippen LogP contribution in [0.2, 0.25) is 0 Å². The van der Waals surface area contributed by atoms with Crippen molar-refractivity contribution in [1.29, 1.82) is 0 Å². The molecule has 12 heavy (non-hydrogen) atoms. The molecule has 0 aliphatic heterocycles. The van der Waals surface area contributed by atoms with Crippen LogP contribution in [0.4, 0.5) is 0 Å². The van der Waals surface area contributed by atoms with E-state index in [9.17, 15) is 4.79 Å². The van der Waals surface area contributed by atoms with Gasteiger partial charge in [-0.3, -0.25) is 9.78 Å². The number of rotatable bonds is 2. The van der Waals surface area contributed by atoms with Gasteiger partial charge < -0.3 is 0 Å². The molecule has 0 saturated heterocycles. The molecule has 64 valence electrons. The maximum Gasteiger partial charge on any atom is 0.135 e. The van der Waals surface area contributed by atoms with Crippen LogP contribution in [0, 0.1) is 13.8 Å². The van der Waals surface area contributed by atoms with E-state index in [-0.39, 0.29) is 5.78 Å². The number of nitrogens with zero attached hydrogens (tertiary/aromatic N) is 1. The van der Waals surface area contributed by atoms with E-state index < -0.39 is 0 Å². The summed E-state index contributed by atoms with van der Waals surface area (Å²) in [6.45, 7) is 5.50. The SMILES string of the molecule is CC(=O)Cc1nc(C)ccc1C. The average molecular weight is 163 g/mol. The molecule has 1 aromatic heterocycles. The summed E-state index contributed by atoms with van der Waals surface area (Å²) < 4.78 is 0. The van der Waals surface area contributed by atoms with Gasteiger partial charge in [0.2, 0.25) is 0 Å². The number of Topliss-reactive ketones (excluding diaryl/α,β-unsaturated/α-hetero) is 1. The Morgan fingerprint density at radius 1 is 1.42 bits per heavy atom. The topological polar surface area (TPSA) is 30.0 Å². The van der Waals surface area contributed by atoms with Crippen LogP contribution in [0.15, 0.2) is 12.1 Å². The average Bonchev–Trinajstić information content (AvgIpc) is 1.96. The Bertz CT molecular complexity index is 305. The lowest BCUT2D eigenvalue weighted by Gasteiger charge is -2.02. The van der Waals surface area contributed by atoms with Gasteiger partial charge in [-0.15, -0.1) is 0 Å². The van der Waals surface area contributed by atoms with Gasteiger partial charge in [-0.2, -0.15) is 0 Å². The molecule has 2 nitrogen and oxygen atoms in total. The summed E-state index contributed by atoms with van der Waals surface area (Å²) in [5, 5.41) is 0. The van der Waals surface area contributed by atoms with Gasteiger partial charge in [0.25, 0.3) is 0 Å². The first kappa shape index (κ1) is 8.91. The molecule has 1 rings (SSSR count). The van der Waals surface area contributed by atoms with Crippen LogP contribution in [-0.2, 0) is 11.2 Å². The summed E-state index contributed by atoms with van der Waals surface area (Å²) in [6.07, 6.45) is 0.452. The second-order valence-electron chi connectivity index (χ2n) is 3.10. The number of pyridine rings is 1. The maximum atomic E-state index is 10.8. The maximum absolute atomic E-state index is 10.8. The molecule has 1 heterocycles. The Hall–Kier alpha value is -1.18. The first-order valence-corrected chi connectivity index (χ1v) is 4.02. The zero-order valence-electron chi connectivity index (χ0n) is 7.72. The third kappa shape index (κ3) is 2.16. The predicted molar refractivity (Wildman–Crippen MR) is 48.1 cm³/mol. The summed E-state index contributed by atoms with van der Waals surface area (Å²) in [7, 11) is 0. The van der Waals surface area contributed by atoms with Crippen molar-refractivity contribution in [2.24, 2.45) is 0 Å². The number of carbonyl (C=O) groups is 1. The molecule has 0 spiro atoms. The van der Waals surface area contributed by atoms with Gasteiger partial charge >= 0.3 is 0 Å². The minimum Gasteiger partial charge on any atom is -0.300 e. The molecule has 0 aliphatic rings. The van der Waals surface area contributed by atoms with Crippen molar-refractivity contribution in [3.63, 3.8) is 0 Å². The van der Waals surface area contributed by atoms with E-state index in [1.165, 1.54) is 0 Å². The fourth-order valence-corrected chi connectivity index (χ4v) is 1.09. The molecule has 0 bridgehead atoms. The Morgan fingerprint density at radius 2 is 2.08 bits per heavy atom. The van der Waals surface area contributed by atoms with Gasteiger partial charge in [-0.05, 0) is 32.4 Å². The molecular weight excluding hydrogens is 150 g/mol. The molecule has 0 aliphatic carbocycles. The van der Waals surface area contributed by atoms with Crippen LogP contribution >= 0.6 is 0 Å². The van der Waals surface area contributed by atoms with Crippen LogP contribution in [0.1, 0.15) is 23.9 Å². The highest BCUT2D eigenvalue weighted by molar-refractivity contribution is 5.78. The lowest BCUT2D eigenvalue weighted by Crippen LogP contribution is -2.02. The zero-order chi connectivity index (χ0) is 9.14. The van der Waals surface area contributed by atoms with Crippen LogP contribution in [-0.4, -0.2) is 10.8 Å². The highest BCUT2D eigenvalue weighted by Crippen LogP contribution is 2.06. The minimum atomic E-state index is 0.163. The van der Waals surface area contributed by atoms with Crippen molar-refractivity contribution in [2.75, 3.05) is 0 Å². The third-order valence-corrected chi connectivity index (χ3v) is 1.76. The fourth-order valence-electron chi connectivity index (χ4n) is 1.09. The lowest BCUT2D eigenvalue weighted by atomic mass is 10.1. The largest absolute Gasteiger partial charge is 0.300 e. The quantitative estimate of drug-likeness (QED) is 0.665. The Morgan fingerprint density at radius 3 is 2.67 bits per heavy atom. The fraction of sp³-hybridized carbons (Fsp3) is 0.400. The van der Waals surface area contributed by atoms with Gasteiger partial charge in [0.05, 0.1) is 5.69 Å². The molecular formula is C10H13NO. The smallest absolute Gasteiger partial charge is 0.135 e.